The van der Waals surface area contributed by atoms with Gasteiger partial charge in [-0.25, -0.2) is 0 Å². The molecule has 1 amide bonds. The SMILES string of the molecule is Cc1ccc(N)cc1NC(=O)CN1CCSC(C)C1. The molecule has 0 aromatic heterocycles. The summed E-state index contributed by atoms with van der Waals surface area (Å²) in [6.45, 7) is 6.59. The molecule has 0 bridgehead atoms. The maximum absolute atomic E-state index is 12.1. The van der Waals surface area contributed by atoms with Crippen LogP contribution >= 0.6 is 11.8 Å². The Balaban J connectivity index is 1.92. The molecule has 0 saturated carbocycles. The molecule has 19 heavy (non-hydrogen) atoms. The lowest BCUT2D eigenvalue weighted by molar-refractivity contribution is -0.117. The maximum atomic E-state index is 12.1. The second kappa shape index (κ2) is 6.30. The fraction of sp³-hybridized carbons (Fsp3) is 0.500. The van der Waals surface area contributed by atoms with Crippen molar-refractivity contribution in [2.24, 2.45) is 0 Å². The first-order valence-corrected chi connectivity index (χ1v) is 7.59. The number of aryl methyl sites for hydroxylation is 1. The van der Waals surface area contributed by atoms with Gasteiger partial charge in [-0.1, -0.05) is 13.0 Å². The minimum absolute atomic E-state index is 0.0350. The molecule has 104 valence electrons. The van der Waals surface area contributed by atoms with Gasteiger partial charge in [0.25, 0.3) is 0 Å². The second-order valence-corrected chi connectivity index (χ2v) is 6.59. The molecule has 1 aromatic carbocycles. The fourth-order valence-corrected chi connectivity index (χ4v) is 3.28. The Morgan fingerprint density at radius 3 is 3.11 bits per heavy atom. The number of nitrogen functional groups attached to an aromatic ring is 1. The number of anilines is 2. The van der Waals surface area contributed by atoms with E-state index in [9.17, 15) is 4.79 Å². The molecule has 1 aliphatic heterocycles. The number of carbonyl (C=O) groups is 1. The first-order valence-electron chi connectivity index (χ1n) is 6.54. The lowest BCUT2D eigenvalue weighted by Gasteiger charge is -2.29. The fourth-order valence-electron chi connectivity index (χ4n) is 2.20. The van der Waals surface area contributed by atoms with Crippen molar-refractivity contribution in [3.8, 4) is 0 Å². The number of benzene rings is 1. The van der Waals surface area contributed by atoms with Crippen LogP contribution < -0.4 is 11.1 Å². The molecule has 0 spiro atoms. The zero-order valence-electron chi connectivity index (χ0n) is 11.5. The highest BCUT2D eigenvalue weighted by molar-refractivity contribution is 7.99. The number of rotatable bonds is 3. The van der Waals surface area contributed by atoms with Crippen molar-refractivity contribution in [1.29, 1.82) is 0 Å². The summed E-state index contributed by atoms with van der Waals surface area (Å²) in [5, 5.41) is 3.55. The minimum atomic E-state index is 0.0350. The van der Waals surface area contributed by atoms with E-state index in [0.717, 1.165) is 30.1 Å². The van der Waals surface area contributed by atoms with Gasteiger partial charge in [-0.3, -0.25) is 9.69 Å². The molecular weight excluding hydrogens is 258 g/mol. The quantitative estimate of drug-likeness (QED) is 0.830. The van der Waals surface area contributed by atoms with Crippen LogP contribution in [0, 0.1) is 6.92 Å². The van der Waals surface area contributed by atoms with Crippen molar-refractivity contribution >= 4 is 29.0 Å². The highest BCUT2D eigenvalue weighted by atomic mass is 32.2. The maximum Gasteiger partial charge on any atom is 0.238 e. The van der Waals surface area contributed by atoms with Gasteiger partial charge in [-0.05, 0) is 24.6 Å². The first-order chi connectivity index (χ1) is 9.04. The van der Waals surface area contributed by atoms with Gasteiger partial charge in [0.2, 0.25) is 5.91 Å². The Bertz CT molecular complexity index is 464. The van der Waals surface area contributed by atoms with E-state index < -0.39 is 0 Å². The monoisotopic (exact) mass is 279 g/mol. The zero-order chi connectivity index (χ0) is 13.8. The molecule has 1 heterocycles. The Labute approximate surface area is 118 Å². The normalized spacial score (nSPS) is 20.2. The molecule has 0 radical (unpaired) electrons. The number of carbonyl (C=O) groups excluding carboxylic acids is 1. The van der Waals surface area contributed by atoms with Crippen LogP contribution in [0.15, 0.2) is 18.2 Å². The summed E-state index contributed by atoms with van der Waals surface area (Å²) in [7, 11) is 0. The van der Waals surface area contributed by atoms with Crippen molar-refractivity contribution in [2.75, 3.05) is 36.4 Å². The van der Waals surface area contributed by atoms with Gasteiger partial charge in [0.1, 0.15) is 0 Å². The third-order valence-corrected chi connectivity index (χ3v) is 4.36. The summed E-state index contributed by atoms with van der Waals surface area (Å²) in [5.41, 5.74) is 8.25. The first kappa shape index (κ1) is 14.2. The highest BCUT2D eigenvalue weighted by Crippen LogP contribution is 2.19. The summed E-state index contributed by atoms with van der Waals surface area (Å²) < 4.78 is 0. The Morgan fingerprint density at radius 2 is 2.37 bits per heavy atom. The van der Waals surface area contributed by atoms with E-state index in [4.69, 9.17) is 5.73 Å². The average Bonchev–Trinajstić information content (AvgIpc) is 2.34. The molecule has 1 atom stereocenters. The molecule has 1 saturated heterocycles. The van der Waals surface area contributed by atoms with Crippen molar-refractivity contribution in [3.05, 3.63) is 23.8 Å². The average molecular weight is 279 g/mol. The number of hydrogen-bond acceptors (Lipinski definition) is 4. The molecule has 0 aliphatic carbocycles. The summed E-state index contributed by atoms with van der Waals surface area (Å²) in [4.78, 5) is 14.3. The predicted octanol–water partition coefficient (Wildman–Crippen LogP) is 1.95. The zero-order valence-corrected chi connectivity index (χ0v) is 12.3. The summed E-state index contributed by atoms with van der Waals surface area (Å²) in [6, 6.07) is 5.57. The van der Waals surface area contributed by atoms with E-state index in [1.165, 1.54) is 0 Å². The molecule has 1 aliphatic rings. The number of hydrogen-bond donors (Lipinski definition) is 2. The summed E-state index contributed by atoms with van der Waals surface area (Å²) in [5.74, 6) is 1.14. The number of nitrogens with one attached hydrogen (secondary N) is 1. The van der Waals surface area contributed by atoms with Crippen LogP contribution in [0.4, 0.5) is 11.4 Å². The van der Waals surface area contributed by atoms with E-state index in [0.29, 0.717) is 17.5 Å². The molecule has 1 aromatic rings. The lowest BCUT2D eigenvalue weighted by atomic mass is 10.2. The Hall–Kier alpha value is -1.20. The van der Waals surface area contributed by atoms with Gasteiger partial charge in [0.15, 0.2) is 0 Å². The van der Waals surface area contributed by atoms with E-state index in [1.807, 2.05) is 36.9 Å². The van der Waals surface area contributed by atoms with Crippen LogP contribution in [0.2, 0.25) is 0 Å². The number of nitrogens with two attached hydrogens (primary N) is 1. The minimum Gasteiger partial charge on any atom is -0.399 e. The van der Waals surface area contributed by atoms with Crippen LogP contribution in [0.3, 0.4) is 0 Å². The lowest BCUT2D eigenvalue weighted by Crippen LogP contribution is -2.41. The largest absolute Gasteiger partial charge is 0.399 e. The summed E-state index contributed by atoms with van der Waals surface area (Å²) >= 11 is 1.97. The van der Waals surface area contributed by atoms with E-state index in [-0.39, 0.29) is 5.91 Å². The van der Waals surface area contributed by atoms with E-state index in [1.54, 1.807) is 0 Å². The smallest absolute Gasteiger partial charge is 0.238 e. The van der Waals surface area contributed by atoms with Gasteiger partial charge < -0.3 is 11.1 Å². The van der Waals surface area contributed by atoms with Crippen LogP contribution in [-0.2, 0) is 4.79 Å². The number of thioether (sulfide) groups is 1. The van der Waals surface area contributed by atoms with Gasteiger partial charge in [0, 0.05) is 35.5 Å². The van der Waals surface area contributed by atoms with Crippen molar-refractivity contribution in [1.82, 2.24) is 4.90 Å². The van der Waals surface area contributed by atoms with Crippen molar-refractivity contribution in [2.45, 2.75) is 19.1 Å². The third kappa shape index (κ3) is 4.14. The Morgan fingerprint density at radius 1 is 1.58 bits per heavy atom. The number of amides is 1. The van der Waals surface area contributed by atoms with Crippen LogP contribution in [0.5, 0.6) is 0 Å². The molecular formula is C14H21N3OS. The standard InChI is InChI=1S/C14H21N3OS/c1-10-3-4-12(15)7-13(10)16-14(18)9-17-5-6-19-11(2)8-17/h3-4,7,11H,5-6,8-9,15H2,1-2H3,(H,16,18). The molecule has 3 N–H and O–H groups in total. The van der Waals surface area contributed by atoms with Gasteiger partial charge in [0.05, 0.1) is 6.54 Å². The van der Waals surface area contributed by atoms with Gasteiger partial charge in [-0.2, -0.15) is 11.8 Å². The van der Waals surface area contributed by atoms with Crippen molar-refractivity contribution < 1.29 is 4.79 Å². The summed E-state index contributed by atoms with van der Waals surface area (Å²) in [6.07, 6.45) is 0. The third-order valence-electron chi connectivity index (χ3n) is 3.23. The van der Waals surface area contributed by atoms with Crippen LogP contribution in [-0.4, -0.2) is 41.4 Å². The van der Waals surface area contributed by atoms with Crippen LogP contribution in [0.1, 0.15) is 12.5 Å². The van der Waals surface area contributed by atoms with Crippen LogP contribution in [0.25, 0.3) is 0 Å². The Kier molecular flexibility index (Phi) is 4.71. The van der Waals surface area contributed by atoms with Crippen molar-refractivity contribution in [3.63, 3.8) is 0 Å². The highest BCUT2D eigenvalue weighted by Gasteiger charge is 2.19. The van der Waals surface area contributed by atoms with E-state index >= 15 is 0 Å². The van der Waals surface area contributed by atoms with Gasteiger partial charge in [-0.15, -0.1) is 0 Å². The van der Waals surface area contributed by atoms with E-state index in [2.05, 4.69) is 17.1 Å². The molecule has 1 unspecified atom stereocenters. The molecule has 1 fully saturated rings. The molecule has 4 nitrogen and oxygen atoms in total. The second-order valence-electron chi connectivity index (χ2n) is 5.04. The van der Waals surface area contributed by atoms with Gasteiger partial charge >= 0.3 is 0 Å². The number of nitrogens with zero attached hydrogens (tertiary/aromatic N) is 1. The topological polar surface area (TPSA) is 58.4 Å². The molecule has 2 rings (SSSR count). The predicted molar refractivity (Wildman–Crippen MR) is 82.6 cm³/mol. The molecule has 5 heteroatoms.